The first kappa shape index (κ1) is 13.3. The van der Waals surface area contributed by atoms with Gasteiger partial charge in [0.05, 0.1) is 11.5 Å². The van der Waals surface area contributed by atoms with E-state index in [9.17, 15) is 18.9 Å². The lowest BCUT2D eigenvalue weighted by atomic mass is 10.0. The second kappa shape index (κ2) is 5.53. The molecular formula is C10H10F2NO4. The van der Waals surface area contributed by atoms with Crippen molar-refractivity contribution in [2.45, 2.75) is 12.5 Å². The summed E-state index contributed by atoms with van der Waals surface area (Å²) < 4.78 is 28.4. The normalized spacial score (nSPS) is 12.5. The fraction of sp³-hybridized carbons (Fsp3) is 0.300. The van der Waals surface area contributed by atoms with Gasteiger partial charge in [0, 0.05) is 23.6 Å². The highest BCUT2D eigenvalue weighted by molar-refractivity contribution is 5.46. The molecule has 17 heavy (non-hydrogen) atoms. The van der Waals surface area contributed by atoms with Gasteiger partial charge in [-0.05, 0) is 13.0 Å². The topological polar surface area (TPSA) is 72.6 Å². The molecule has 0 heterocycles. The zero-order valence-corrected chi connectivity index (χ0v) is 8.68. The number of hydrogen-bond donors (Lipinski definition) is 1. The van der Waals surface area contributed by atoms with Gasteiger partial charge in [-0.3, -0.25) is 10.1 Å². The van der Waals surface area contributed by atoms with Crippen molar-refractivity contribution in [3.8, 4) is 5.75 Å². The predicted octanol–water partition coefficient (Wildman–Crippen LogP) is 2.11. The molecule has 1 atom stereocenters. The van der Waals surface area contributed by atoms with Crippen molar-refractivity contribution >= 4 is 5.69 Å². The maximum atomic E-state index is 12.1. The summed E-state index contributed by atoms with van der Waals surface area (Å²) in [7, 11) is 0. The molecule has 0 fully saturated rings. The Morgan fingerprint density at radius 1 is 1.53 bits per heavy atom. The Morgan fingerprint density at radius 3 is 2.65 bits per heavy atom. The van der Waals surface area contributed by atoms with Crippen molar-refractivity contribution in [1.29, 1.82) is 0 Å². The molecule has 0 amide bonds. The van der Waals surface area contributed by atoms with Crippen molar-refractivity contribution in [3.63, 3.8) is 0 Å². The Kier molecular flexibility index (Phi) is 4.33. The highest BCUT2D eigenvalue weighted by Crippen LogP contribution is 2.31. The summed E-state index contributed by atoms with van der Waals surface area (Å²) in [6.45, 7) is 0.0272. The van der Waals surface area contributed by atoms with Crippen molar-refractivity contribution in [2.75, 3.05) is 6.61 Å². The monoisotopic (exact) mass is 246 g/mol. The van der Waals surface area contributed by atoms with E-state index < -0.39 is 24.1 Å². The molecule has 0 saturated heterocycles. The lowest BCUT2D eigenvalue weighted by Crippen LogP contribution is -2.08. The molecule has 0 saturated carbocycles. The van der Waals surface area contributed by atoms with Crippen LogP contribution in [0, 0.1) is 17.0 Å². The molecular weight excluding hydrogens is 236 g/mol. The van der Waals surface area contributed by atoms with Crippen LogP contribution in [0.25, 0.3) is 0 Å². The summed E-state index contributed by atoms with van der Waals surface area (Å²) in [4.78, 5) is 9.86. The molecule has 0 bridgehead atoms. The standard InChI is InChI=1S/C10H10F2NO4/c1-6(5-14)8-4-7(13(15)16)2-3-9(8)17-10(11)12/h2-4,6,10,14H,1,5H2. The van der Waals surface area contributed by atoms with Crippen LogP contribution >= 0.6 is 0 Å². The molecule has 1 unspecified atom stereocenters. The van der Waals surface area contributed by atoms with Gasteiger partial charge in [-0.1, -0.05) is 0 Å². The van der Waals surface area contributed by atoms with Gasteiger partial charge in [0.25, 0.3) is 5.69 Å². The largest absolute Gasteiger partial charge is 0.435 e. The molecule has 1 N–H and O–H groups in total. The summed E-state index contributed by atoms with van der Waals surface area (Å²) in [5.41, 5.74) is -0.203. The molecule has 0 aliphatic carbocycles. The van der Waals surface area contributed by atoms with Crippen LogP contribution in [-0.2, 0) is 0 Å². The van der Waals surface area contributed by atoms with Crippen LogP contribution in [0.1, 0.15) is 11.5 Å². The van der Waals surface area contributed by atoms with Gasteiger partial charge in [0.1, 0.15) is 5.75 Å². The number of alkyl halides is 2. The fourth-order valence-corrected chi connectivity index (χ4v) is 1.27. The smallest absolute Gasteiger partial charge is 0.387 e. The van der Waals surface area contributed by atoms with Crippen LogP contribution in [0.4, 0.5) is 14.5 Å². The van der Waals surface area contributed by atoms with E-state index in [4.69, 9.17) is 5.11 Å². The van der Waals surface area contributed by atoms with Crippen LogP contribution < -0.4 is 4.74 Å². The van der Waals surface area contributed by atoms with Gasteiger partial charge in [-0.2, -0.15) is 8.78 Å². The second-order valence-corrected chi connectivity index (χ2v) is 3.24. The Bertz CT molecular complexity index is 411. The lowest BCUT2D eigenvalue weighted by molar-refractivity contribution is -0.385. The van der Waals surface area contributed by atoms with Crippen LogP contribution in [0.2, 0.25) is 0 Å². The van der Waals surface area contributed by atoms with Gasteiger partial charge in [-0.15, -0.1) is 0 Å². The molecule has 0 aliphatic heterocycles. The molecule has 0 spiro atoms. The number of nitro groups is 1. The molecule has 1 radical (unpaired) electrons. The number of benzene rings is 1. The lowest BCUT2D eigenvalue weighted by Gasteiger charge is -2.14. The van der Waals surface area contributed by atoms with Gasteiger partial charge in [0.15, 0.2) is 0 Å². The van der Waals surface area contributed by atoms with E-state index in [1.54, 1.807) is 0 Å². The summed E-state index contributed by atoms with van der Waals surface area (Å²) in [6, 6.07) is 3.17. The number of rotatable bonds is 5. The number of ether oxygens (including phenoxy) is 1. The minimum Gasteiger partial charge on any atom is -0.435 e. The predicted molar refractivity (Wildman–Crippen MR) is 54.9 cm³/mol. The fourth-order valence-electron chi connectivity index (χ4n) is 1.27. The number of aliphatic hydroxyl groups excluding tert-OH is 1. The second-order valence-electron chi connectivity index (χ2n) is 3.24. The van der Waals surface area contributed by atoms with Crippen LogP contribution in [0.5, 0.6) is 5.75 Å². The number of non-ortho nitro benzene ring substituents is 1. The number of halogens is 2. The van der Waals surface area contributed by atoms with E-state index in [-0.39, 0.29) is 17.0 Å². The van der Waals surface area contributed by atoms with Gasteiger partial charge < -0.3 is 9.84 Å². The number of aliphatic hydroxyl groups is 1. The minimum absolute atomic E-state index is 0.0713. The highest BCUT2D eigenvalue weighted by atomic mass is 19.3. The van der Waals surface area contributed by atoms with E-state index >= 15 is 0 Å². The zero-order chi connectivity index (χ0) is 13.0. The third kappa shape index (κ3) is 3.35. The van der Waals surface area contributed by atoms with Crippen molar-refractivity contribution < 1.29 is 23.5 Å². The summed E-state index contributed by atoms with van der Waals surface area (Å²) in [6.07, 6.45) is 0. The Morgan fingerprint density at radius 2 is 2.18 bits per heavy atom. The molecule has 1 aromatic carbocycles. The maximum absolute atomic E-state index is 12.1. The average Bonchev–Trinajstić information content (AvgIpc) is 2.27. The van der Waals surface area contributed by atoms with Gasteiger partial charge >= 0.3 is 6.61 Å². The van der Waals surface area contributed by atoms with E-state index in [2.05, 4.69) is 11.7 Å². The van der Waals surface area contributed by atoms with Crippen molar-refractivity contribution in [1.82, 2.24) is 0 Å². The van der Waals surface area contributed by atoms with Gasteiger partial charge in [-0.25, -0.2) is 0 Å². The molecule has 1 aromatic rings. The van der Waals surface area contributed by atoms with E-state index in [1.807, 2.05) is 0 Å². The third-order valence-corrected chi connectivity index (χ3v) is 2.08. The van der Waals surface area contributed by atoms with Crippen molar-refractivity contribution in [2.24, 2.45) is 0 Å². The highest BCUT2D eigenvalue weighted by Gasteiger charge is 2.18. The quantitative estimate of drug-likeness (QED) is 0.637. The minimum atomic E-state index is -3.04. The molecule has 0 aromatic heterocycles. The number of nitrogens with zero attached hydrogens (tertiary/aromatic N) is 1. The first-order valence-corrected chi connectivity index (χ1v) is 4.62. The third-order valence-electron chi connectivity index (χ3n) is 2.08. The first-order chi connectivity index (χ1) is 7.95. The molecule has 93 valence electrons. The van der Waals surface area contributed by atoms with Crippen LogP contribution in [0.3, 0.4) is 0 Å². The maximum Gasteiger partial charge on any atom is 0.387 e. The van der Waals surface area contributed by atoms with Crippen LogP contribution in [-0.4, -0.2) is 23.2 Å². The van der Waals surface area contributed by atoms with Crippen LogP contribution in [0.15, 0.2) is 18.2 Å². The Balaban J connectivity index is 3.16. The van der Waals surface area contributed by atoms with E-state index in [1.165, 1.54) is 0 Å². The van der Waals surface area contributed by atoms with E-state index in [0.717, 1.165) is 18.2 Å². The van der Waals surface area contributed by atoms with E-state index in [0.29, 0.717) is 0 Å². The first-order valence-electron chi connectivity index (χ1n) is 4.62. The van der Waals surface area contributed by atoms with Gasteiger partial charge in [0.2, 0.25) is 0 Å². The SMILES string of the molecule is [CH2]C(CO)c1cc([N+](=O)[O-])ccc1OC(F)F. The molecule has 0 aliphatic rings. The number of nitro benzene ring substituents is 1. The summed E-state index contributed by atoms with van der Waals surface area (Å²) >= 11 is 0. The Labute approximate surface area is 95.8 Å². The van der Waals surface area contributed by atoms with Crippen molar-refractivity contribution in [3.05, 3.63) is 40.8 Å². The molecule has 5 nitrogen and oxygen atoms in total. The zero-order valence-electron chi connectivity index (χ0n) is 8.68. The molecule has 1 rings (SSSR count). The summed E-state index contributed by atoms with van der Waals surface area (Å²) in [5.74, 6) is -0.997. The molecule has 7 heteroatoms. The Hall–Kier alpha value is -1.76. The summed E-state index contributed by atoms with van der Waals surface area (Å²) in [5, 5.41) is 19.4. The number of hydrogen-bond acceptors (Lipinski definition) is 4. The average molecular weight is 246 g/mol.